The Balaban J connectivity index is 1.47. The van der Waals surface area contributed by atoms with Crippen molar-refractivity contribution in [1.82, 2.24) is 14.8 Å². The third-order valence-electron chi connectivity index (χ3n) is 5.63. The number of carbonyl (C=O) groups excluding carboxylic acids is 2. The second-order valence-electron chi connectivity index (χ2n) is 8.11. The number of piperazine rings is 1. The fourth-order valence-corrected chi connectivity index (χ4v) is 3.62. The van der Waals surface area contributed by atoms with Crippen LogP contribution in [0, 0.1) is 12.7 Å². The number of rotatable bonds is 9. The molecule has 2 heterocycles. The lowest BCUT2D eigenvalue weighted by Gasteiger charge is -2.34. The predicted octanol–water partition coefficient (Wildman–Crippen LogP) is 3.44. The van der Waals surface area contributed by atoms with Gasteiger partial charge in [-0.1, -0.05) is 12.1 Å². The SMILES string of the molecule is COC(CCOC(=O)N1CCN(Cc2cccc(NC(=O)Nc3ccc(C)nc3)c2F)CC1)OC. The number of urea groups is 1. The first kappa shape index (κ1) is 26.3. The highest BCUT2D eigenvalue weighted by atomic mass is 19.1. The van der Waals surface area contributed by atoms with E-state index in [0.717, 1.165) is 5.69 Å². The van der Waals surface area contributed by atoms with E-state index in [1.165, 1.54) is 26.5 Å². The van der Waals surface area contributed by atoms with Gasteiger partial charge in [0.1, 0.15) is 0 Å². The van der Waals surface area contributed by atoms with E-state index >= 15 is 4.39 Å². The lowest BCUT2D eigenvalue weighted by molar-refractivity contribution is -0.112. The van der Waals surface area contributed by atoms with Gasteiger partial charge in [0, 0.05) is 64.6 Å². The van der Waals surface area contributed by atoms with Gasteiger partial charge >= 0.3 is 12.1 Å². The van der Waals surface area contributed by atoms with E-state index in [1.807, 2.05) is 6.92 Å². The van der Waals surface area contributed by atoms with Crippen LogP contribution in [0.15, 0.2) is 36.5 Å². The van der Waals surface area contributed by atoms with Crippen molar-refractivity contribution in [3.63, 3.8) is 0 Å². The highest BCUT2D eigenvalue weighted by molar-refractivity contribution is 5.99. The molecule has 1 aliphatic rings. The van der Waals surface area contributed by atoms with E-state index in [4.69, 9.17) is 14.2 Å². The number of hydrogen-bond acceptors (Lipinski definition) is 7. The highest BCUT2D eigenvalue weighted by Gasteiger charge is 2.23. The molecule has 10 nitrogen and oxygen atoms in total. The molecule has 2 N–H and O–H groups in total. The molecule has 190 valence electrons. The van der Waals surface area contributed by atoms with Crippen molar-refractivity contribution >= 4 is 23.5 Å². The van der Waals surface area contributed by atoms with Crippen LogP contribution in [0.4, 0.5) is 25.4 Å². The van der Waals surface area contributed by atoms with E-state index in [0.29, 0.717) is 50.4 Å². The Kier molecular flexibility index (Phi) is 9.76. The Morgan fingerprint density at radius 2 is 1.83 bits per heavy atom. The van der Waals surface area contributed by atoms with Crippen molar-refractivity contribution in [2.45, 2.75) is 26.2 Å². The predicted molar refractivity (Wildman–Crippen MR) is 129 cm³/mol. The molecule has 0 spiro atoms. The zero-order chi connectivity index (χ0) is 25.2. The van der Waals surface area contributed by atoms with E-state index in [9.17, 15) is 9.59 Å². The Bertz CT molecular complexity index is 979. The van der Waals surface area contributed by atoms with Gasteiger partial charge in [-0.05, 0) is 25.1 Å². The van der Waals surface area contributed by atoms with Gasteiger partial charge in [-0.3, -0.25) is 9.88 Å². The maximum absolute atomic E-state index is 15.1. The number of hydrogen-bond donors (Lipinski definition) is 2. The molecule has 0 aliphatic carbocycles. The number of benzene rings is 1. The van der Waals surface area contributed by atoms with Crippen LogP contribution in [0.5, 0.6) is 0 Å². The molecule has 1 aliphatic heterocycles. The quantitative estimate of drug-likeness (QED) is 0.520. The maximum Gasteiger partial charge on any atom is 0.409 e. The minimum absolute atomic E-state index is 0.0905. The monoisotopic (exact) mass is 489 g/mol. The van der Waals surface area contributed by atoms with Crippen LogP contribution < -0.4 is 10.6 Å². The molecule has 35 heavy (non-hydrogen) atoms. The Hall–Kier alpha value is -3.28. The summed E-state index contributed by atoms with van der Waals surface area (Å²) in [5.74, 6) is -0.489. The van der Waals surface area contributed by atoms with Gasteiger partial charge in [0.2, 0.25) is 0 Å². The summed E-state index contributed by atoms with van der Waals surface area (Å²) in [5, 5.41) is 5.19. The van der Waals surface area contributed by atoms with Crippen LogP contribution in [0.1, 0.15) is 17.7 Å². The van der Waals surface area contributed by atoms with Crippen molar-refractivity contribution in [2.75, 3.05) is 57.6 Å². The number of pyridine rings is 1. The largest absolute Gasteiger partial charge is 0.449 e. The Labute approximate surface area is 204 Å². The van der Waals surface area contributed by atoms with E-state index in [2.05, 4.69) is 20.5 Å². The van der Waals surface area contributed by atoms with Crippen LogP contribution in [0.25, 0.3) is 0 Å². The van der Waals surface area contributed by atoms with Gasteiger partial charge in [-0.2, -0.15) is 0 Å². The van der Waals surface area contributed by atoms with Crippen LogP contribution in [0.3, 0.4) is 0 Å². The van der Waals surface area contributed by atoms with Gasteiger partial charge in [0.15, 0.2) is 12.1 Å². The number of ether oxygens (including phenoxy) is 3. The zero-order valence-corrected chi connectivity index (χ0v) is 20.3. The molecule has 1 aromatic carbocycles. The Morgan fingerprint density at radius 1 is 1.09 bits per heavy atom. The number of amides is 3. The van der Waals surface area contributed by atoms with Crippen molar-refractivity contribution in [2.24, 2.45) is 0 Å². The average Bonchev–Trinajstić information content (AvgIpc) is 2.86. The molecule has 0 saturated carbocycles. The van der Waals surface area contributed by atoms with Gasteiger partial charge in [-0.25, -0.2) is 14.0 Å². The van der Waals surface area contributed by atoms with Crippen molar-refractivity contribution < 1.29 is 28.2 Å². The van der Waals surface area contributed by atoms with Crippen LogP contribution in [0.2, 0.25) is 0 Å². The number of nitrogens with zero attached hydrogens (tertiary/aromatic N) is 3. The van der Waals surface area contributed by atoms with Crippen molar-refractivity contribution in [1.29, 1.82) is 0 Å². The summed E-state index contributed by atoms with van der Waals surface area (Å²) in [6, 6.07) is 7.83. The molecule has 0 radical (unpaired) electrons. The molecule has 0 bridgehead atoms. The maximum atomic E-state index is 15.1. The lowest BCUT2D eigenvalue weighted by atomic mass is 10.1. The van der Waals surface area contributed by atoms with Crippen LogP contribution in [-0.2, 0) is 20.8 Å². The molecule has 1 fully saturated rings. The standard InChI is InChI=1S/C24H32FN5O5/c1-17-7-8-19(15-26-17)27-23(31)28-20-6-4-5-18(22(20)25)16-29-10-12-30(13-11-29)24(32)35-14-9-21(33-2)34-3/h4-8,15,21H,9-14,16H2,1-3H3,(H2,27,28,31). The van der Waals surface area contributed by atoms with Crippen LogP contribution in [-0.4, -0.2) is 80.2 Å². The first-order chi connectivity index (χ1) is 16.9. The average molecular weight is 490 g/mol. The summed E-state index contributed by atoms with van der Waals surface area (Å²) < 4.78 is 30.5. The third-order valence-corrected chi connectivity index (χ3v) is 5.63. The third kappa shape index (κ3) is 7.88. The summed E-state index contributed by atoms with van der Waals surface area (Å²) >= 11 is 0. The first-order valence-corrected chi connectivity index (χ1v) is 11.4. The van der Waals surface area contributed by atoms with E-state index in [1.54, 1.807) is 29.2 Å². The minimum atomic E-state index is -0.554. The number of halogens is 1. The fourth-order valence-electron chi connectivity index (χ4n) is 3.62. The van der Waals surface area contributed by atoms with Crippen molar-refractivity contribution in [3.05, 3.63) is 53.6 Å². The number of anilines is 2. The molecular weight excluding hydrogens is 457 g/mol. The minimum Gasteiger partial charge on any atom is -0.449 e. The lowest BCUT2D eigenvalue weighted by Crippen LogP contribution is -2.48. The fraction of sp³-hybridized carbons (Fsp3) is 0.458. The number of methoxy groups -OCH3 is 2. The van der Waals surface area contributed by atoms with Gasteiger partial charge in [0.05, 0.1) is 24.2 Å². The van der Waals surface area contributed by atoms with E-state index in [-0.39, 0.29) is 18.4 Å². The molecule has 0 unspecified atom stereocenters. The molecule has 3 amide bonds. The van der Waals surface area contributed by atoms with Gasteiger partial charge < -0.3 is 29.7 Å². The second kappa shape index (κ2) is 13.0. The normalized spacial score (nSPS) is 14.1. The smallest absolute Gasteiger partial charge is 0.409 e. The summed E-state index contributed by atoms with van der Waals surface area (Å²) in [5.41, 5.74) is 1.89. The molecule has 0 atom stereocenters. The first-order valence-electron chi connectivity index (χ1n) is 11.4. The molecule has 1 saturated heterocycles. The number of aromatic nitrogens is 1. The number of nitrogens with one attached hydrogen (secondary N) is 2. The summed E-state index contributed by atoms with van der Waals surface area (Å²) in [4.78, 5) is 32.3. The summed E-state index contributed by atoms with van der Waals surface area (Å²) in [6.45, 7) is 4.50. The number of carbonyl (C=O) groups is 2. The summed E-state index contributed by atoms with van der Waals surface area (Å²) in [7, 11) is 3.06. The van der Waals surface area contributed by atoms with Gasteiger partial charge in [-0.15, -0.1) is 0 Å². The van der Waals surface area contributed by atoms with Gasteiger partial charge in [0.25, 0.3) is 0 Å². The molecule has 2 aromatic rings. The molecule has 1 aromatic heterocycles. The Morgan fingerprint density at radius 3 is 2.49 bits per heavy atom. The molecule has 11 heteroatoms. The van der Waals surface area contributed by atoms with Crippen molar-refractivity contribution in [3.8, 4) is 0 Å². The topological polar surface area (TPSA) is 105 Å². The van der Waals surface area contributed by atoms with Crippen LogP contribution >= 0.6 is 0 Å². The molecule has 3 rings (SSSR count). The van der Waals surface area contributed by atoms with E-state index < -0.39 is 18.1 Å². The molecular formula is C24H32FN5O5. The highest BCUT2D eigenvalue weighted by Crippen LogP contribution is 2.21. The number of aryl methyl sites for hydroxylation is 1. The zero-order valence-electron chi connectivity index (χ0n) is 20.3. The summed E-state index contributed by atoms with van der Waals surface area (Å²) in [6.07, 6.45) is 1.18. The second-order valence-corrected chi connectivity index (χ2v) is 8.11.